The summed E-state index contributed by atoms with van der Waals surface area (Å²) >= 11 is 0. The van der Waals surface area contributed by atoms with E-state index in [-0.39, 0.29) is 5.56 Å². The Kier molecular flexibility index (Phi) is 3.72. The van der Waals surface area contributed by atoms with Crippen LogP contribution in [0.2, 0.25) is 0 Å². The first-order chi connectivity index (χ1) is 7.86. The smallest absolute Gasteiger partial charge is 0.465 e. The van der Waals surface area contributed by atoms with Crippen LogP contribution in [0.5, 0.6) is 5.75 Å². The second-order valence-corrected chi connectivity index (χ2v) is 2.79. The summed E-state index contributed by atoms with van der Waals surface area (Å²) in [7, 11) is 1.04. The van der Waals surface area contributed by atoms with Crippen LogP contribution in [0.4, 0.5) is 13.2 Å². The predicted molar refractivity (Wildman–Crippen MR) is 48.3 cm³/mol. The molecule has 0 bridgehead atoms. The van der Waals surface area contributed by atoms with Gasteiger partial charge in [-0.3, -0.25) is 0 Å². The Balaban J connectivity index is 2.99. The van der Waals surface area contributed by atoms with Crippen molar-refractivity contribution in [2.45, 2.75) is 6.18 Å². The second-order valence-electron chi connectivity index (χ2n) is 2.79. The van der Waals surface area contributed by atoms with Crippen LogP contribution in [0.1, 0.15) is 10.4 Å². The van der Waals surface area contributed by atoms with E-state index in [1.165, 1.54) is 12.1 Å². The fourth-order valence-electron chi connectivity index (χ4n) is 0.926. The molecule has 0 aromatic heterocycles. The molecule has 1 radical (unpaired) electrons. The van der Waals surface area contributed by atoms with Crippen molar-refractivity contribution in [3.8, 4) is 5.75 Å². The Morgan fingerprint density at radius 2 is 2.00 bits per heavy atom. The molecule has 0 amide bonds. The van der Waals surface area contributed by atoms with Crippen molar-refractivity contribution >= 4 is 11.9 Å². The molecule has 7 heteroatoms. The van der Waals surface area contributed by atoms with Crippen LogP contribution >= 0.6 is 0 Å². The van der Waals surface area contributed by atoms with E-state index in [0.29, 0.717) is 0 Å². The van der Waals surface area contributed by atoms with Crippen LogP contribution in [0.3, 0.4) is 0 Å². The third-order valence-electron chi connectivity index (χ3n) is 1.64. The van der Waals surface area contributed by atoms with Gasteiger partial charge in [-0.15, -0.1) is 0 Å². The molecular formula is C10H6F3O4. The normalized spacial score (nSPS) is 10.8. The van der Waals surface area contributed by atoms with Crippen LogP contribution in [0, 0.1) is 6.07 Å². The van der Waals surface area contributed by atoms with Gasteiger partial charge in [-0.05, 0) is 6.07 Å². The molecule has 0 atom stereocenters. The van der Waals surface area contributed by atoms with Crippen LogP contribution in [-0.2, 0) is 9.53 Å². The Morgan fingerprint density at radius 3 is 2.53 bits per heavy atom. The first-order valence-electron chi connectivity index (χ1n) is 4.24. The Hall–Kier alpha value is -2.05. The van der Waals surface area contributed by atoms with Crippen LogP contribution in [-0.4, -0.2) is 25.2 Å². The van der Waals surface area contributed by atoms with E-state index in [0.717, 1.165) is 13.2 Å². The van der Waals surface area contributed by atoms with Gasteiger partial charge in [-0.25, -0.2) is 9.59 Å². The van der Waals surface area contributed by atoms with Crippen molar-refractivity contribution < 1.29 is 32.2 Å². The molecule has 0 aliphatic rings. The molecule has 0 aliphatic heterocycles. The van der Waals surface area contributed by atoms with Crippen molar-refractivity contribution in [2.24, 2.45) is 0 Å². The van der Waals surface area contributed by atoms with Gasteiger partial charge in [-0.1, -0.05) is 12.1 Å². The van der Waals surface area contributed by atoms with Crippen LogP contribution < -0.4 is 4.74 Å². The molecule has 0 unspecified atom stereocenters. The fourth-order valence-corrected chi connectivity index (χ4v) is 0.926. The number of rotatable bonds is 2. The maximum absolute atomic E-state index is 11.9. The van der Waals surface area contributed by atoms with E-state index >= 15 is 0 Å². The molecule has 1 rings (SSSR count). The zero-order valence-corrected chi connectivity index (χ0v) is 8.50. The zero-order chi connectivity index (χ0) is 13.1. The monoisotopic (exact) mass is 247 g/mol. The van der Waals surface area contributed by atoms with Gasteiger partial charge in [0, 0.05) is 6.07 Å². The summed E-state index contributed by atoms with van der Waals surface area (Å²) in [5.41, 5.74) is -0.382. The largest absolute Gasteiger partial charge is 0.491 e. The highest BCUT2D eigenvalue weighted by Gasteiger charge is 2.41. The first-order valence-corrected chi connectivity index (χ1v) is 4.24. The molecule has 17 heavy (non-hydrogen) atoms. The topological polar surface area (TPSA) is 52.6 Å². The zero-order valence-electron chi connectivity index (χ0n) is 8.50. The molecule has 1 aromatic rings. The van der Waals surface area contributed by atoms with Gasteiger partial charge in [0.05, 0.1) is 7.11 Å². The quantitative estimate of drug-likeness (QED) is 0.590. The minimum atomic E-state index is -5.14. The number of benzene rings is 1. The number of esters is 2. The summed E-state index contributed by atoms with van der Waals surface area (Å²) in [5, 5.41) is 0. The lowest BCUT2D eigenvalue weighted by molar-refractivity contribution is -0.189. The summed E-state index contributed by atoms with van der Waals surface area (Å²) in [6.45, 7) is 0. The van der Waals surface area contributed by atoms with E-state index < -0.39 is 23.9 Å². The third kappa shape index (κ3) is 3.20. The van der Waals surface area contributed by atoms with Crippen molar-refractivity contribution in [1.82, 2.24) is 0 Å². The van der Waals surface area contributed by atoms with Crippen LogP contribution in [0.25, 0.3) is 0 Å². The molecule has 91 valence electrons. The number of alkyl halides is 3. The number of carbonyl (C=O) groups is 2. The fraction of sp³-hybridized carbons (Fsp3) is 0.200. The highest BCUT2D eigenvalue weighted by molar-refractivity contribution is 5.93. The number of hydrogen-bond acceptors (Lipinski definition) is 4. The van der Waals surface area contributed by atoms with Crippen molar-refractivity contribution in [1.29, 1.82) is 0 Å². The Bertz CT molecular complexity index is 439. The van der Waals surface area contributed by atoms with E-state index in [1.807, 2.05) is 0 Å². The molecule has 1 aromatic carbocycles. The Labute approximate surface area is 93.9 Å². The van der Waals surface area contributed by atoms with Gasteiger partial charge in [0.15, 0.2) is 0 Å². The summed E-state index contributed by atoms with van der Waals surface area (Å²) in [6, 6.07) is 5.90. The maximum atomic E-state index is 11.9. The molecule has 0 aliphatic carbocycles. The standard InChI is InChI=1S/C10H6F3O4/c1-16-8(14)6-4-2-3-5-7(6)17-9(15)10(11,12)13/h2-3,5H,1H3. The van der Waals surface area contributed by atoms with Crippen molar-refractivity contribution in [3.05, 3.63) is 29.8 Å². The average molecular weight is 247 g/mol. The lowest BCUT2D eigenvalue weighted by Gasteiger charge is -2.09. The summed E-state index contributed by atoms with van der Waals surface area (Å²) < 4.78 is 44.2. The van der Waals surface area contributed by atoms with Gasteiger partial charge in [-0.2, -0.15) is 13.2 Å². The second kappa shape index (κ2) is 4.86. The van der Waals surface area contributed by atoms with Gasteiger partial charge >= 0.3 is 18.1 Å². The number of methoxy groups -OCH3 is 1. The van der Waals surface area contributed by atoms with Gasteiger partial charge < -0.3 is 9.47 Å². The molecule has 4 nitrogen and oxygen atoms in total. The summed E-state index contributed by atoms with van der Waals surface area (Å²) in [4.78, 5) is 21.7. The SMILES string of the molecule is COC(=O)c1[c]cccc1OC(=O)C(F)(F)F. The number of carbonyl (C=O) groups excluding carboxylic acids is 2. The first kappa shape index (κ1) is 13.0. The third-order valence-corrected chi connectivity index (χ3v) is 1.64. The van der Waals surface area contributed by atoms with Gasteiger partial charge in [0.2, 0.25) is 0 Å². The molecule has 0 saturated carbocycles. The lowest BCUT2D eigenvalue weighted by atomic mass is 10.2. The molecule has 0 heterocycles. The van der Waals surface area contributed by atoms with Gasteiger partial charge in [0.25, 0.3) is 0 Å². The highest BCUT2D eigenvalue weighted by atomic mass is 19.4. The van der Waals surface area contributed by atoms with E-state index in [1.54, 1.807) is 0 Å². The molecule has 0 N–H and O–H groups in total. The van der Waals surface area contributed by atoms with E-state index in [2.05, 4.69) is 15.5 Å². The summed E-state index contributed by atoms with van der Waals surface area (Å²) in [5.74, 6) is -3.92. The van der Waals surface area contributed by atoms with E-state index in [9.17, 15) is 22.8 Å². The average Bonchev–Trinajstić information content (AvgIpc) is 2.27. The highest BCUT2D eigenvalue weighted by Crippen LogP contribution is 2.23. The molecular weight excluding hydrogens is 241 g/mol. The minimum absolute atomic E-state index is 0.382. The molecule has 0 saturated heterocycles. The molecule has 0 spiro atoms. The maximum Gasteiger partial charge on any atom is 0.491 e. The summed E-state index contributed by atoms with van der Waals surface area (Å²) in [6.07, 6.45) is -5.14. The number of halogens is 3. The number of hydrogen-bond donors (Lipinski definition) is 0. The van der Waals surface area contributed by atoms with Crippen molar-refractivity contribution in [2.75, 3.05) is 7.11 Å². The van der Waals surface area contributed by atoms with E-state index in [4.69, 9.17) is 0 Å². The van der Waals surface area contributed by atoms with Crippen molar-refractivity contribution in [3.63, 3.8) is 0 Å². The molecule has 0 fully saturated rings. The number of ether oxygens (including phenoxy) is 2. The minimum Gasteiger partial charge on any atom is -0.465 e. The van der Waals surface area contributed by atoms with Gasteiger partial charge in [0.1, 0.15) is 11.3 Å². The lowest BCUT2D eigenvalue weighted by Crippen LogP contribution is -2.28. The Morgan fingerprint density at radius 1 is 1.35 bits per heavy atom. The van der Waals surface area contributed by atoms with Crippen LogP contribution in [0.15, 0.2) is 18.2 Å². The predicted octanol–water partition coefficient (Wildman–Crippen LogP) is 1.74.